The predicted molar refractivity (Wildman–Crippen MR) is 79.1 cm³/mol. The fourth-order valence-corrected chi connectivity index (χ4v) is 2.09. The van der Waals surface area contributed by atoms with Crippen LogP contribution >= 0.6 is 0 Å². The van der Waals surface area contributed by atoms with Crippen LogP contribution in [-0.2, 0) is 24.4 Å². The van der Waals surface area contributed by atoms with E-state index in [1.54, 1.807) is 13.2 Å². The van der Waals surface area contributed by atoms with Crippen LogP contribution in [0, 0.1) is 0 Å². The molecule has 0 aliphatic rings. The Hall–Kier alpha value is -2.24. The van der Waals surface area contributed by atoms with E-state index in [9.17, 15) is 15.3 Å². The van der Waals surface area contributed by atoms with Crippen LogP contribution in [0.15, 0.2) is 36.4 Å². The summed E-state index contributed by atoms with van der Waals surface area (Å²) >= 11 is 0. The Labute approximate surface area is 123 Å². The van der Waals surface area contributed by atoms with E-state index in [0.717, 1.165) is 11.1 Å². The molecule has 0 unspecified atom stereocenters. The molecule has 112 valence electrons. The van der Waals surface area contributed by atoms with E-state index in [0.29, 0.717) is 25.3 Å². The van der Waals surface area contributed by atoms with Crippen molar-refractivity contribution in [2.45, 2.75) is 19.7 Å². The molecule has 0 aliphatic heterocycles. The summed E-state index contributed by atoms with van der Waals surface area (Å²) in [7, 11) is 1.66. The number of nitrogens with one attached hydrogen (secondary N) is 1. The van der Waals surface area contributed by atoms with Crippen molar-refractivity contribution in [3.8, 4) is 17.2 Å². The highest BCUT2D eigenvalue weighted by Gasteiger charge is 2.10. The lowest BCUT2D eigenvalue weighted by Gasteiger charge is -2.10. The Morgan fingerprint density at radius 1 is 0.952 bits per heavy atom. The average Bonchev–Trinajstić information content (AvgIpc) is 2.48. The SMILES string of the molecule is COCc1cccc(CNCc2ccc(O)c(O)c2O)c1. The smallest absolute Gasteiger partial charge is 0.200 e. The van der Waals surface area contributed by atoms with Gasteiger partial charge in [0.25, 0.3) is 0 Å². The Bertz CT molecular complexity index is 613. The molecular weight excluding hydrogens is 270 g/mol. The van der Waals surface area contributed by atoms with Crippen LogP contribution in [0.1, 0.15) is 16.7 Å². The molecule has 0 spiro atoms. The zero-order valence-corrected chi connectivity index (χ0v) is 11.8. The molecule has 0 atom stereocenters. The second-order valence-electron chi connectivity index (χ2n) is 4.80. The zero-order valence-electron chi connectivity index (χ0n) is 11.8. The van der Waals surface area contributed by atoms with Gasteiger partial charge in [0.2, 0.25) is 5.75 Å². The topological polar surface area (TPSA) is 82.0 Å². The molecule has 4 N–H and O–H groups in total. The minimum Gasteiger partial charge on any atom is -0.504 e. The highest BCUT2D eigenvalue weighted by atomic mass is 16.5. The van der Waals surface area contributed by atoms with Crippen molar-refractivity contribution in [1.29, 1.82) is 0 Å². The molecule has 0 saturated heterocycles. The lowest BCUT2D eigenvalue weighted by atomic mass is 10.1. The van der Waals surface area contributed by atoms with Gasteiger partial charge in [0.05, 0.1) is 6.61 Å². The van der Waals surface area contributed by atoms with Crippen molar-refractivity contribution >= 4 is 0 Å². The summed E-state index contributed by atoms with van der Waals surface area (Å²) in [4.78, 5) is 0. The van der Waals surface area contributed by atoms with E-state index in [2.05, 4.69) is 5.32 Å². The second-order valence-corrected chi connectivity index (χ2v) is 4.80. The summed E-state index contributed by atoms with van der Waals surface area (Å²) in [6.07, 6.45) is 0. The summed E-state index contributed by atoms with van der Waals surface area (Å²) in [5, 5.41) is 31.6. The first-order chi connectivity index (χ1) is 10.1. The average molecular weight is 289 g/mol. The van der Waals surface area contributed by atoms with Crippen LogP contribution in [0.3, 0.4) is 0 Å². The van der Waals surface area contributed by atoms with Crippen LogP contribution in [-0.4, -0.2) is 22.4 Å². The maximum Gasteiger partial charge on any atom is 0.200 e. The molecule has 2 aromatic carbocycles. The Morgan fingerprint density at radius 2 is 1.71 bits per heavy atom. The first-order valence-electron chi connectivity index (χ1n) is 6.62. The Kier molecular flexibility index (Phi) is 5.03. The fourth-order valence-electron chi connectivity index (χ4n) is 2.09. The first kappa shape index (κ1) is 15.2. The molecule has 0 heterocycles. The van der Waals surface area contributed by atoms with E-state index >= 15 is 0 Å². The van der Waals surface area contributed by atoms with Crippen molar-refractivity contribution in [1.82, 2.24) is 5.32 Å². The van der Waals surface area contributed by atoms with Crippen molar-refractivity contribution in [3.63, 3.8) is 0 Å². The second kappa shape index (κ2) is 6.97. The number of hydrogen-bond donors (Lipinski definition) is 4. The molecule has 0 fully saturated rings. The third-order valence-corrected chi connectivity index (χ3v) is 3.16. The van der Waals surface area contributed by atoms with Crippen molar-refractivity contribution < 1.29 is 20.1 Å². The number of hydrogen-bond acceptors (Lipinski definition) is 5. The molecule has 5 nitrogen and oxygen atoms in total. The van der Waals surface area contributed by atoms with Crippen molar-refractivity contribution in [3.05, 3.63) is 53.1 Å². The van der Waals surface area contributed by atoms with Gasteiger partial charge in [-0.25, -0.2) is 0 Å². The quantitative estimate of drug-likeness (QED) is 0.613. The van der Waals surface area contributed by atoms with Crippen LogP contribution < -0.4 is 5.32 Å². The van der Waals surface area contributed by atoms with E-state index in [1.165, 1.54) is 6.07 Å². The van der Waals surface area contributed by atoms with E-state index < -0.39 is 5.75 Å². The van der Waals surface area contributed by atoms with E-state index in [4.69, 9.17) is 4.74 Å². The summed E-state index contributed by atoms with van der Waals surface area (Å²) in [6, 6.07) is 10.9. The number of phenols is 3. The van der Waals surface area contributed by atoms with Crippen LogP contribution in [0.2, 0.25) is 0 Å². The van der Waals surface area contributed by atoms with Crippen LogP contribution in [0.4, 0.5) is 0 Å². The monoisotopic (exact) mass is 289 g/mol. The maximum absolute atomic E-state index is 9.72. The summed E-state index contributed by atoms with van der Waals surface area (Å²) < 4.78 is 5.09. The fraction of sp³-hybridized carbons (Fsp3) is 0.250. The lowest BCUT2D eigenvalue weighted by Crippen LogP contribution is -2.13. The largest absolute Gasteiger partial charge is 0.504 e. The van der Waals surface area contributed by atoms with Crippen molar-refractivity contribution in [2.24, 2.45) is 0 Å². The summed E-state index contributed by atoms with van der Waals surface area (Å²) in [5.74, 6) is -1.12. The molecule has 21 heavy (non-hydrogen) atoms. The van der Waals surface area contributed by atoms with Gasteiger partial charge in [0, 0.05) is 25.8 Å². The molecule has 0 aliphatic carbocycles. The van der Waals surface area contributed by atoms with Gasteiger partial charge in [-0.1, -0.05) is 30.3 Å². The molecule has 0 bridgehead atoms. The third-order valence-electron chi connectivity index (χ3n) is 3.16. The van der Waals surface area contributed by atoms with Gasteiger partial charge in [0.1, 0.15) is 0 Å². The van der Waals surface area contributed by atoms with Gasteiger partial charge in [-0.3, -0.25) is 0 Å². The number of methoxy groups -OCH3 is 1. The minimum atomic E-state index is -0.489. The Morgan fingerprint density at radius 3 is 2.48 bits per heavy atom. The van der Waals surface area contributed by atoms with Crippen LogP contribution in [0.25, 0.3) is 0 Å². The predicted octanol–water partition coefficient (Wildman–Crippen LogP) is 2.24. The van der Waals surface area contributed by atoms with E-state index in [-0.39, 0.29) is 11.5 Å². The summed E-state index contributed by atoms with van der Waals surface area (Å²) in [5.41, 5.74) is 2.73. The van der Waals surface area contributed by atoms with E-state index in [1.807, 2.05) is 24.3 Å². The molecule has 0 amide bonds. The molecule has 2 rings (SSSR count). The summed E-state index contributed by atoms with van der Waals surface area (Å²) in [6.45, 7) is 1.58. The standard InChI is InChI=1S/C16H19NO4/c1-21-10-12-4-2-3-11(7-12)8-17-9-13-5-6-14(18)16(20)15(13)19/h2-7,17-20H,8-10H2,1H3. The first-order valence-corrected chi connectivity index (χ1v) is 6.62. The highest BCUT2D eigenvalue weighted by Crippen LogP contribution is 2.36. The van der Waals surface area contributed by atoms with Gasteiger partial charge in [0.15, 0.2) is 11.5 Å². The number of aromatic hydroxyl groups is 3. The number of phenolic OH excluding ortho intramolecular Hbond substituents is 3. The molecule has 0 aromatic heterocycles. The highest BCUT2D eigenvalue weighted by molar-refractivity contribution is 5.53. The molecule has 5 heteroatoms. The van der Waals surface area contributed by atoms with Crippen LogP contribution in [0.5, 0.6) is 17.2 Å². The Balaban J connectivity index is 1.95. The van der Waals surface area contributed by atoms with Gasteiger partial charge < -0.3 is 25.4 Å². The van der Waals surface area contributed by atoms with Gasteiger partial charge in [-0.2, -0.15) is 0 Å². The number of rotatable bonds is 6. The van der Waals surface area contributed by atoms with Gasteiger partial charge in [-0.05, 0) is 17.2 Å². The van der Waals surface area contributed by atoms with Gasteiger partial charge in [-0.15, -0.1) is 0 Å². The maximum atomic E-state index is 9.72. The molecular formula is C16H19NO4. The van der Waals surface area contributed by atoms with Gasteiger partial charge >= 0.3 is 0 Å². The zero-order chi connectivity index (χ0) is 15.2. The normalized spacial score (nSPS) is 10.7. The third kappa shape index (κ3) is 3.87. The molecule has 0 radical (unpaired) electrons. The number of ether oxygens (including phenoxy) is 1. The minimum absolute atomic E-state index is 0.296. The van der Waals surface area contributed by atoms with Crippen molar-refractivity contribution in [2.75, 3.05) is 7.11 Å². The molecule has 0 saturated carbocycles. The lowest BCUT2D eigenvalue weighted by molar-refractivity contribution is 0.185. The number of benzene rings is 2. The molecule has 2 aromatic rings.